The highest BCUT2D eigenvalue weighted by Crippen LogP contribution is 2.27. The summed E-state index contributed by atoms with van der Waals surface area (Å²) in [6.45, 7) is 0. The van der Waals surface area contributed by atoms with E-state index < -0.39 is 11.8 Å². The first-order chi connectivity index (χ1) is 9.56. The van der Waals surface area contributed by atoms with E-state index in [1.807, 2.05) is 6.07 Å². The van der Waals surface area contributed by atoms with E-state index in [1.54, 1.807) is 6.07 Å². The molecule has 0 fully saturated rings. The highest BCUT2D eigenvalue weighted by atomic mass is 35.5. The van der Waals surface area contributed by atoms with Crippen LogP contribution in [-0.4, -0.2) is 18.1 Å². The number of aromatic nitrogens is 1. The van der Waals surface area contributed by atoms with Crippen molar-refractivity contribution in [2.75, 3.05) is 7.11 Å². The highest BCUT2D eigenvalue weighted by Gasteiger charge is 2.18. The Hall–Kier alpha value is -2.45. The lowest BCUT2D eigenvalue weighted by molar-refractivity contribution is 0.0601. The lowest BCUT2D eigenvalue weighted by Crippen LogP contribution is -2.06. The van der Waals surface area contributed by atoms with E-state index in [1.165, 1.54) is 31.4 Å². The number of benzene rings is 1. The van der Waals surface area contributed by atoms with Crippen LogP contribution < -0.4 is 0 Å². The molecule has 0 N–H and O–H groups in total. The predicted octanol–water partition coefficient (Wildman–Crippen LogP) is 3.20. The molecule has 0 bridgehead atoms. The molecule has 1 aromatic heterocycles. The van der Waals surface area contributed by atoms with Gasteiger partial charge in [0.1, 0.15) is 11.9 Å². The molecule has 0 amide bonds. The molecule has 0 aliphatic carbocycles. The minimum atomic E-state index is -0.664. The van der Waals surface area contributed by atoms with E-state index in [0.29, 0.717) is 5.56 Å². The van der Waals surface area contributed by atoms with Crippen LogP contribution in [0.1, 0.15) is 16.1 Å². The first-order valence-corrected chi connectivity index (χ1v) is 5.89. The van der Waals surface area contributed by atoms with Crippen LogP contribution in [0.25, 0.3) is 11.3 Å². The van der Waals surface area contributed by atoms with Gasteiger partial charge in [0.2, 0.25) is 0 Å². The fraction of sp³-hybridized carbons (Fsp3) is 0.0714. The second-order valence-electron chi connectivity index (χ2n) is 3.83. The van der Waals surface area contributed by atoms with Gasteiger partial charge in [-0.3, -0.25) is 0 Å². The van der Waals surface area contributed by atoms with Crippen molar-refractivity contribution in [3.8, 4) is 17.3 Å². The van der Waals surface area contributed by atoms with Crippen molar-refractivity contribution in [3.05, 3.63) is 52.4 Å². The zero-order chi connectivity index (χ0) is 14.7. The topological polar surface area (TPSA) is 63.0 Å². The average Bonchev–Trinajstić information content (AvgIpc) is 2.46. The molecule has 0 radical (unpaired) electrons. The molecule has 6 heteroatoms. The van der Waals surface area contributed by atoms with Gasteiger partial charge >= 0.3 is 5.97 Å². The number of nitriles is 1. The van der Waals surface area contributed by atoms with Crippen LogP contribution in [0.3, 0.4) is 0 Å². The lowest BCUT2D eigenvalue weighted by atomic mass is 10.0. The number of hydrogen-bond donors (Lipinski definition) is 0. The molecule has 100 valence electrons. The van der Waals surface area contributed by atoms with Gasteiger partial charge in [-0.1, -0.05) is 23.7 Å². The molecule has 20 heavy (non-hydrogen) atoms. The SMILES string of the molecule is COC(=O)c1cc(Cl)c(C#N)nc1-c1cccc(F)c1. The number of nitrogens with zero attached hydrogens (tertiary/aromatic N) is 2. The van der Waals surface area contributed by atoms with Crippen LogP contribution in [0.15, 0.2) is 30.3 Å². The van der Waals surface area contributed by atoms with E-state index in [2.05, 4.69) is 9.72 Å². The van der Waals surface area contributed by atoms with E-state index >= 15 is 0 Å². The molecule has 0 aliphatic rings. The van der Waals surface area contributed by atoms with Crippen LogP contribution in [0.4, 0.5) is 4.39 Å². The van der Waals surface area contributed by atoms with E-state index in [-0.39, 0.29) is 22.0 Å². The van der Waals surface area contributed by atoms with Gasteiger partial charge in [-0.2, -0.15) is 5.26 Å². The van der Waals surface area contributed by atoms with E-state index in [9.17, 15) is 9.18 Å². The molecule has 0 aliphatic heterocycles. The molecule has 0 spiro atoms. The molecule has 0 saturated heterocycles. The Labute approximate surface area is 119 Å². The van der Waals surface area contributed by atoms with Crippen LogP contribution in [0.5, 0.6) is 0 Å². The second kappa shape index (κ2) is 5.68. The summed E-state index contributed by atoms with van der Waals surface area (Å²) < 4.78 is 17.9. The second-order valence-corrected chi connectivity index (χ2v) is 4.24. The Morgan fingerprint density at radius 3 is 2.80 bits per heavy atom. The number of ether oxygens (including phenoxy) is 1. The Kier molecular flexibility index (Phi) is 3.97. The fourth-order valence-electron chi connectivity index (χ4n) is 1.69. The standard InChI is InChI=1S/C14H8ClFN2O2/c1-20-14(19)10-6-11(15)12(7-17)18-13(10)8-3-2-4-9(16)5-8/h2-6H,1H3. The van der Waals surface area contributed by atoms with Crippen molar-refractivity contribution in [1.82, 2.24) is 4.98 Å². The van der Waals surface area contributed by atoms with Crippen LogP contribution >= 0.6 is 11.6 Å². The zero-order valence-corrected chi connectivity index (χ0v) is 11.1. The van der Waals surface area contributed by atoms with Crippen molar-refractivity contribution in [2.24, 2.45) is 0 Å². The maximum Gasteiger partial charge on any atom is 0.340 e. The molecule has 4 nitrogen and oxygen atoms in total. The fourth-order valence-corrected chi connectivity index (χ4v) is 1.88. The zero-order valence-electron chi connectivity index (χ0n) is 10.4. The van der Waals surface area contributed by atoms with Gasteiger partial charge in [0.15, 0.2) is 5.69 Å². The van der Waals surface area contributed by atoms with Crippen molar-refractivity contribution < 1.29 is 13.9 Å². The van der Waals surface area contributed by atoms with Gasteiger partial charge in [-0.05, 0) is 18.2 Å². The lowest BCUT2D eigenvalue weighted by Gasteiger charge is -2.09. The summed E-state index contributed by atoms with van der Waals surface area (Å²) >= 11 is 5.85. The number of halogens is 2. The first kappa shape index (κ1) is 14.0. The Morgan fingerprint density at radius 2 is 2.20 bits per heavy atom. The third-order valence-electron chi connectivity index (χ3n) is 2.59. The van der Waals surface area contributed by atoms with Gasteiger partial charge in [0.05, 0.1) is 23.4 Å². The third-order valence-corrected chi connectivity index (χ3v) is 2.87. The summed E-state index contributed by atoms with van der Waals surface area (Å²) in [5, 5.41) is 8.98. The summed E-state index contributed by atoms with van der Waals surface area (Å²) in [7, 11) is 1.21. The van der Waals surface area contributed by atoms with Gasteiger partial charge in [0, 0.05) is 5.56 Å². The maximum atomic E-state index is 13.3. The maximum absolute atomic E-state index is 13.3. The summed E-state index contributed by atoms with van der Waals surface area (Å²) in [5.41, 5.74) is 0.538. The van der Waals surface area contributed by atoms with Crippen LogP contribution in [0, 0.1) is 17.1 Å². The van der Waals surface area contributed by atoms with E-state index in [4.69, 9.17) is 16.9 Å². The summed E-state index contributed by atoms with van der Waals surface area (Å²) in [4.78, 5) is 15.8. The molecule has 1 aromatic carbocycles. The molecule has 2 aromatic rings. The number of pyridine rings is 1. The summed E-state index contributed by atoms with van der Waals surface area (Å²) in [6.07, 6.45) is 0. The molecular formula is C14H8ClFN2O2. The Bertz CT molecular complexity index is 726. The molecule has 0 unspecified atom stereocenters. The van der Waals surface area contributed by atoms with Crippen LogP contribution in [-0.2, 0) is 4.74 Å². The van der Waals surface area contributed by atoms with Crippen molar-refractivity contribution in [2.45, 2.75) is 0 Å². The largest absolute Gasteiger partial charge is 0.465 e. The molecule has 1 heterocycles. The van der Waals surface area contributed by atoms with Crippen molar-refractivity contribution in [3.63, 3.8) is 0 Å². The minimum Gasteiger partial charge on any atom is -0.465 e. The van der Waals surface area contributed by atoms with Crippen LogP contribution in [0.2, 0.25) is 5.02 Å². The van der Waals surface area contributed by atoms with Gasteiger partial charge in [0.25, 0.3) is 0 Å². The number of rotatable bonds is 2. The third kappa shape index (κ3) is 2.60. The normalized spacial score (nSPS) is 9.90. The van der Waals surface area contributed by atoms with Gasteiger partial charge in [-0.15, -0.1) is 0 Å². The van der Waals surface area contributed by atoms with Gasteiger partial charge in [-0.25, -0.2) is 14.2 Å². The van der Waals surface area contributed by atoms with Gasteiger partial charge < -0.3 is 4.74 Å². The minimum absolute atomic E-state index is 0.0352. The number of carbonyl (C=O) groups is 1. The average molecular weight is 291 g/mol. The number of carbonyl (C=O) groups excluding carboxylic acids is 1. The molecule has 2 rings (SSSR count). The molecule has 0 saturated carbocycles. The Balaban J connectivity index is 2.72. The first-order valence-electron chi connectivity index (χ1n) is 5.51. The van der Waals surface area contributed by atoms with E-state index in [0.717, 1.165) is 0 Å². The Morgan fingerprint density at radius 1 is 1.45 bits per heavy atom. The quantitative estimate of drug-likeness (QED) is 0.797. The van der Waals surface area contributed by atoms with Crippen molar-refractivity contribution >= 4 is 17.6 Å². The summed E-state index contributed by atoms with van der Waals surface area (Å²) in [5.74, 6) is -1.14. The number of hydrogen-bond acceptors (Lipinski definition) is 4. The molecular weight excluding hydrogens is 283 g/mol. The summed E-state index contributed by atoms with van der Waals surface area (Å²) in [6, 6.07) is 8.64. The molecule has 0 atom stereocenters. The number of esters is 1. The van der Waals surface area contributed by atoms with Crippen molar-refractivity contribution in [1.29, 1.82) is 5.26 Å². The predicted molar refractivity (Wildman–Crippen MR) is 70.7 cm³/mol. The highest BCUT2D eigenvalue weighted by molar-refractivity contribution is 6.32. The smallest absolute Gasteiger partial charge is 0.340 e. The number of methoxy groups -OCH3 is 1. The monoisotopic (exact) mass is 290 g/mol.